The maximum Gasteiger partial charge on any atom is 0.324 e. The number of nitrogens with zero attached hydrogens (tertiary/aromatic N) is 3. The van der Waals surface area contributed by atoms with Crippen LogP contribution >= 0.6 is 7.67 Å². The van der Waals surface area contributed by atoms with Gasteiger partial charge in [-0.05, 0) is 50.2 Å². The van der Waals surface area contributed by atoms with Crippen LogP contribution in [0.25, 0.3) is 0 Å². The van der Waals surface area contributed by atoms with E-state index < -0.39 is 7.67 Å². The highest BCUT2D eigenvalue weighted by molar-refractivity contribution is 7.64. The van der Waals surface area contributed by atoms with E-state index >= 15 is 4.20 Å². The molecule has 0 aromatic heterocycles. The number of benzene rings is 3. The topological polar surface area (TPSA) is 18.8 Å². The molecule has 0 unspecified atom stereocenters. The fraction of sp³-hybridized carbons (Fsp3) is 0.182. The molecule has 3 aromatic rings. The summed E-state index contributed by atoms with van der Waals surface area (Å²) in [5, 5.41) is 0. The standard InChI is InChI=1S/C22H25FN3P/c1-3-25(21-16-10-6-11-17-21)27(23,24-20-14-8-5-9-15-20)26(4-2)22-18-12-7-13-19-22/h5-19H,3-4H2,1-2H3. The average Bonchev–Trinajstić information content (AvgIpc) is 2.71. The molecule has 3 aromatic carbocycles. The summed E-state index contributed by atoms with van der Waals surface area (Å²) in [6.45, 7) is 4.99. The number of hydrogen-bond acceptors (Lipinski definition) is 1. The highest BCUT2D eigenvalue weighted by Gasteiger charge is 2.34. The first-order valence-corrected chi connectivity index (χ1v) is 10.8. The number of hydrogen-bond donors (Lipinski definition) is 0. The second kappa shape index (κ2) is 8.88. The van der Waals surface area contributed by atoms with Gasteiger partial charge in [-0.1, -0.05) is 54.6 Å². The summed E-state index contributed by atoms with van der Waals surface area (Å²) in [5.41, 5.74) is 2.33. The number of anilines is 2. The molecule has 0 amide bonds. The molecular formula is C22H25FN3P. The van der Waals surface area contributed by atoms with Crippen molar-refractivity contribution < 1.29 is 4.20 Å². The molecule has 140 valence electrons. The summed E-state index contributed by atoms with van der Waals surface area (Å²) in [6, 6.07) is 28.8. The first-order valence-electron chi connectivity index (χ1n) is 9.22. The van der Waals surface area contributed by atoms with Crippen molar-refractivity contribution in [3.63, 3.8) is 0 Å². The van der Waals surface area contributed by atoms with E-state index in [9.17, 15) is 0 Å². The number of para-hydroxylation sites is 2. The number of halogens is 1. The fourth-order valence-electron chi connectivity index (χ4n) is 3.10. The summed E-state index contributed by atoms with van der Waals surface area (Å²) in [7, 11) is -3.56. The minimum absolute atomic E-state index is 0.522. The summed E-state index contributed by atoms with van der Waals surface area (Å²) in [6.07, 6.45) is 0. The lowest BCUT2D eigenvalue weighted by atomic mass is 10.3. The zero-order chi connectivity index (χ0) is 19.1. The molecule has 0 bridgehead atoms. The summed E-state index contributed by atoms with van der Waals surface area (Å²) >= 11 is 0. The molecule has 0 N–H and O–H groups in total. The third kappa shape index (κ3) is 4.23. The van der Waals surface area contributed by atoms with Gasteiger partial charge in [0.25, 0.3) is 0 Å². The second-order valence-electron chi connectivity index (χ2n) is 6.03. The first-order chi connectivity index (χ1) is 13.2. The molecule has 0 saturated carbocycles. The molecular weight excluding hydrogens is 356 g/mol. The fourth-order valence-corrected chi connectivity index (χ4v) is 5.58. The normalized spacial score (nSPS) is 11.1. The van der Waals surface area contributed by atoms with Crippen molar-refractivity contribution >= 4 is 24.7 Å². The Hall–Kier alpha value is -2.58. The molecule has 0 spiro atoms. The van der Waals surface area contributed by atoms with E-state index in [1.807, 2.05) is 105 Å². The van der Waals surface area contributed by atoms with Crippen LogP contribution in [0.15, 0.2) is 95.7 Å². The van der Waals surface area contributed by atoms with Crippen molar-refractivity contribution in [3.05, 3.63) is 91.0 Å². The average molecular weight is 381 g/mol. The molecule has 0 saturated heterocycles. The lowest BCUT2D eigenvalue weighted by molar-refractivity contribution is 0.817. The highest BCUT2D eigenvalue weighted by Crippen LogP contribution is 2.62. The minimum atomic E-state index is -3.56. The Kier molecular flexibility index (Phi) is 6.31. The summed E-state index contributed by atoms with van der Waals surface area (Å²) in [5.74, 6) is 0. The molecule has 0 aliphatic carbocycles. The Balaban J connectivity index is 2.21. The van der Waals surface area contributed by atoms with Crippen molar-refractivity contribution in [2.24, 2.45) is 4.74 Å². The van der Waals surface area contributed by atoms with Crippen molar-refractivity contribution in [3.8, 4) is 0 Å². The van der Waals surface area contributed by atoms with Crippen LogP contribution in [-0.2, 0) is 0 Å². The van der Waals surface area contributed by atoms with Gasteiger partial charge >= 0.3 is 7.67 Å². The van der Waals surface area contributed by atoms with Gasteiger partial charge in [-0.3, -0.25) is 9.34 Å². The van der Waals surface area contributed by atoms with Crippen LogP contribution in [0.1, 0.15) is 13.8 Å². The minimum Gasteiger partial charge on any atom is -0.298 e. The SMILES string of the molecule is CCN(c1ccccc1)P(F)(=Nc1ccccc1)N(CC)c1ccccc1. The monoisotopic (exact) mass is 381 g/mol. The first kappa shape index (κ1) is 19.2. The van der Waals surface area contributed by atoms with Gasteiger partial charge in [0.1, 0.15) is 0 Å². The van der Waals surface area contributed by atoms with Crippen molar-refractivity contribution in [1.29, 1.82) is 0 Å². The van der Waals surface area contributed by atoms with E-state index in [0.717, 1.165) is 11.4 Å². The molecule has 0 aliphatic rings. The van der Waals surface area contributed by atoms with Crippen LogP contribution in [0.3, 0.4) is 0 Å². The Bertz CT molecular complexity index is 834. The van der Waals surface area contributed by atoms with Crippen LogP contribution in [0.5, 0.6) is 0 Å². The third-order valence-electron chi connectivity index (χ3n) is 4.32. The van der Waals surface area contributed by atoms with Crippen LogP contribution in [-0.4, -0.2) is 13.1 Å². The quantitative estimate of drug-likeness (QED) is 0.400. The number of rotatable bonds is 7. The predicted molar refractivity (Wildman–Crippen MR) is 115 cm³/mol. The van der Waals surface area contributed by atoms with E-state index in [1.54, 1.807) is 9.34 Å². The van der Waals surface area contributed by atoms with Crippen molar-refractivity contribution in [2.75, 3.05) is 22.4 Å². The smallest absolute Gasteiger partial charge is 0.298 e. The summed E-state index contributed by atoms with van der Waals surface area (Å²) in [4.78, 5) is 0. The Morgan fingerprint density at radius 2 is 1.04 bits per heavy atom. The van der Waals surface area contributed by atoms with Crippen LogP contribution < -0.4 is 9.34 Å². The van der Waals surface area contributed by atoms with Gasteiger partial charge in [-0.25, -0.2) is 0 Å². The van der Waals surface area contributed by atoms with E-state index in [4.69, 9.17) is 0 Å². The van der Waals surface area contributed by atoms with Crippen LogP contribution in [0.4, 0.5) is 21.3 Å². The molecule has 0 aliphatic heterocycles. The van der Waals surface area contributed by atoms with Gasteiger partial charge in [-0.2, -0.15) is 8.94 Å². The predicted octanol–water partition coefficient (Wildman–Crippen LogP) is 7.29. The van der Waals surface area contributed by atoms with Gasteiger partial charge in [0, 0.05) is 24.5 Å². The molecule has 5 heteroatoms. The Labute approximate surface area is 161 Å². The maximum atomic E-state index is 17.0. The van der Waals surface area contributed by atoms with E-state index in [1.165, 1.54) is 0 Å². The highest BCUT2D eigenvalue weighted by atomic mass is 31.2. The molecule has 27 heavy (non-hydrogen) atoms. The largest absolute Gasteiger partial charge is 0.324 e. The lowest BCUT2D eigenvalue weighted by Crippen LogP contribution is -2.30. The van der Waals surface area contributed by atoms with Gasteiger partial charge in [0.15, 0.2) is 0 Å². The maximum absolute atomic E-state index is 17.0. The van der Waals surface area contributed by atoms with Gasteiger partial charge in [0.05, 0.1) is 5.69 Å². The Morgan fingerprint density at radius 3 is 1.41 bits per heavy atom. The second-order valence-corrected chi connectivity index (χ2v) is 8.19. The van der Waals surface area contributed by atoms with Gasteiger partial charge < -0.3 is 0 Å². The van der Waals surface area contributed by atoms with Crippen molar-refractivity contribution in [2.45, 2.75) is 13.8 Å². The Morgan fingerprint density at radius 1 is 0.667 bits per heavy atom. The van der Waals surface area contributed by atoms with E-state index in [2.05, 4.69) is 4.74 Å². The molecule has 3 nitrogen and oxygen atoms in total. The molecule has 0 heterocycles. The molecule has 0 radical (unpaired) electrons. The van der Waals surface area contributed by atoms with Crippen molar-refractivity contribution in [1.82, 2.24) is 0 Å². The van der Waals surface area contributed by atoms with Gasteiger partial charge in [-0.15, -0.1) is 0 Å². The summed E-state index contributed by atoms with van der Waals surface area (Å²) < 4.78 is 25.3. The zero-order valence-corrected chi connectivity index (χ0v) is 16.6. The van der Waals surface area contributed by atoms with Crippen LogP contribution in [0, 0.1) is 0 Å². The van der Waals surface area contributed by atoms with E-state index in [0.29, 0.717) is 18.8 Å². The molecule has 3 rings (SSSR count). The third-order valence-corrected chi connectivity index (χ3v) is 7.06. The van der Waals surface area contributed by atoms with Crippen LogP contribution in [0.2, 0.25) is 0 Å². The molecule has 0 fully saturated rings. The zero-order valence-electron chi connectivity index (χ0n) is 15.7. The van der Waals surface area contributed by atoms with E-state index in [-0.39, 0.29) is 0 Å². The lowest BCUT2D eigenvalue weighted by Gasteiger charge is -2.39. The van der Waals surface area contributed by atoms with Gasteiger partial charge in [0.2, 0.25) is 0 Å². The molecule has 0 atom stereocenters.